The number of fused-ring (bicyclic) bond motifs is 1. The SMILES string of the molecule is COC(=O)c1ccc2nc(-c3ccc(Br)cc3)n(C[C@]3(C(=O)C4CC4)CCNC3)c2c1. The molecule has 1 aliphatic heterocycles. The molecule has 5 rings (SSSR count). The minimum absolute atomic E-state index is 0.191. The number of hydrogen-bond acceptors (Lipinski definition) is 5. The number of ketones is 1. The Balaban J connectivity index is 1.67. The molecule has 0 amide bonds. The third-order valence-corrected chi connectivity index (χ3v) is 6.98. The molecule has 2 heterocycles. The zero-order chi connectivity index (χ0) is 21.6. The second-order valence-corrected chi connectivity index (χ2v) is 9.48. The first-order valence-corrected chi connectivity index (χ1v) is 11.4. The topological polar surface area (TPSA) is 73.2 Å². The molecule has 1 N–H and O–H groups in total. The monoisotopic (exact) mass is 481 g/mol. The van der Waals surface area contributed by atoms with Crippen molar-refractivity contribution in [2.75, 3.05) is 20.2 Å². The fraction of sp³-hybridized carbons (Fsp3) is 0.375. The van der Waals surface area contributed by atoms with Crippen LogP contribution in [0.2, 0.25) is 0 Å². The molecule has 2 aliphatic rings. The molecule has 1 atom stereocenters. The third kappa shape index (κ3) is 3.70. The number of halogens is 1. The first-order valence-electron chi connectivity index (χ1n) is 10.6. The summed E-state index contributed by atoms with van der Waals surface area (Å²) in [5.41, 5.74) is 2.64. The van der Waals surface area contributed by atoms with Gasteiger partial charge in [0.15, 0.2) is 0 Å². The number of nitrogens with zero attached hydrogens (tertiary/aromatic N) is 2. The van der Waals surface area contributed by atoms with Crippen LogP contribution in [-0.4, -0.2) is 41.5 Å². The summed E-state index contributed by atoms with van der Waals surface area (Å²) < 4.78 is 8.04. The largest absolute Gasteiger partial charge is 0.465 e. The standard InChI is InChI=1S/C24H24BrN3O3/c1-31-23(30)17-6-9-19-20(12-17)28(22(27-19)16-4-7-18(25)8-5-16)14-24(10-11-26-13-24)21(29)15-2-3-15/h4-9,12,15,26H,2-3,10-11,13-14H2,1H3/t24-/m0/s1. The predicted molar refractivity (Wildman–Crippen MR) is 122 cm³/mol. The second-order valence-electron chi connectivity index (χ2n) is 8.57. The van der Waals surface area contributed by atoms with E-state index in [4.69, 9.17) is 9.72 Å². The van der Waals surface area contributed by atoms with Crippen molar-refractivity contribution in [3.63, 3.8) is 0 Å². The molecule has 1 aliphatic carbocycles. The van der Waals surface area contributed by atoms with Gasteiger partial charge in [-0.1, -0.05) is 28.1 Å². The number of nitrogens with one attached hydrogen (secondary N) is 1. The predicted octanol–water partition coefficient (Wildman–Crippen LogP) is 4.21. The van der Waals surface area contributed by atoms with Crippen LogP contribution >= 0.6 is 15.9 Å². The lowest BCUT2D eigenvalue weighted by molar-refractivity contribution is -0.129. The maximum atomic E-state index is 13.4. The summed E-state index contributed by atoms with van der Waals surface area (Å²) >= 11 is 3.49. The summed E-state index contributed by atoms with van der Waals surface area (Å²) in [6, 6.07) is 13.4. The average molecular weight is 482 g/mol. The number of rotatable bonds is 6. The Morgan fingerprint density at radius 1 is 1.23 bits per heavy atom. The number of Topliss-reactive ketones (excluding diaryl/α,β-unsaturated/α-hetero) is 1. The number of carbonyl (C=O) groups excluding carboxylic acids is 2. The normalized spacial score (nSPS) is 20.8. The van der Waals surface area contributed by atoms with Gasteiger partial charge in [-0.2, -0.15) is 0 Å². The second kappa shape index (κ2) is 7.88. The molecular formula is C24H24BrN3O3. The molecule has 3 aromatic rings. The lowest BCUT2D eigenvalue weighted by Gasteiger charge is -2.28. The maximum Gasteiger partial charge on any atom is 0.337 e. The van der Waals surface area contributed by atoms with E-state index in [0.29, 0.717) is 24.4 Å². The molecule has 0 bridgehead atoms. The summed E-state index contributed by atoms with van der Waals surface area (Å²) in [5.74, 6) is 0.979. The van der Waals surface area contributed by atoms with Gasteiger partial charge in [0.25, 0.3) is 0 Å². The van der Waals surface area contributed by atoms with Gasteiger partial charge in [0.05, 0.1) is 29.1 Å². The number of esters is 1. The molecule has 160 valence electrons. The maximum absolute atomic E-state index is 13.4. The molecule has 0 spiro atoms. The number of aromatic nitrogens is 2. The van der Waals surface area contributed by atoms with Crippen LogP contribution in [0, 0.1) is 11.3 Å². The van der Waals surface area contributed by atoms with Crippen molar-refractivity contribution in [1.82, 2.24) is 14.9 Å². The lowest BCUT2D eigenvalue weighted by Crippen LogP contribution is -2.39. The highest BCUT2D eigenvalue weighted by molar-refractivity contribution is 9.10. The van der Waals surface area contributed by atoms with Gasteiger partial charge in [-0.25, -0.2) is 9.78 Å². The molecule has 0 unspecified atom stereocenters. The molecule has 1 saturated heterocycles. The lowest BCUT2D eigenvalue weighted by atomic mass is 9.80. The number of benzene rings is 2. The zero-order valence-corrected chi connectivity index (χ0v) is 18.9. The van der Waals surface area contributed by atoms with Gasteiger partial charge in [0, 0.05) is 29.0 Å². The molecule has 0 radical (unpaired) electrons. The van der Waals surface area contributed by atoms with Crippen LogP contribution in [0.25, 0.3) is 22.4 Å². The Kier molecular flexibility index (Phi) is 5.18. The van der Waals surface area contributed by atoms with E-state index in [1.807, 2.05) is 36.4 Å². The van der Waals surface area contributed by atoms with Crippen LogP contribution in [-0.2, 0) is 16.1 Å². The van der Waals surface area contributed by atoms with Gasteiger partial charge < -0.3 is 14.6 Å². The van der Waals surface area contributed by atoms with E-state index in [2.05, 4.69) is 25.8 Å². The number of hydrogen-bond donors (Lipinski definition) is 1. The molecule has 7 heteroatoms. The minimum Gasteiger partial charge on any atom is -0.465 e. The molecule has 6 nitrogen and oxygen atoms in total. The quantitative estimate of drug-likeness (QED) is 0.533. The Morgan fingerprint density at radius 2 is 2.00 bits per heavy atom. The number of methoxy groups -OCH3 is 1. The van der Waals surface area contributed by atoms with E-state index in [9.17, 15) is 9.59 Å². The Hall–Kier alpha value is -2.51. The third-order valence-electron chi connectivity index (χ3n) is 6.45. The summed E-state index contributed by atoms with van der Waals surface area (Å²) in [4.78, 5) is 30.4. The Bertz CT molecular complexity index is 1160. The van der Waals surface area contributed by atoms with Crippen molar-refractivity contribution in [1.29, 1.82) is 0 Å². The zero-order valence-electron chi connectivity index (χ0n) is 17.4. The highest BCUT2D eigenvalue weighted by Gasteiger charge is 2.48. The number of imidazole rings is 1. The van der Waals surface area contributed by atoms with Gasteiger partial charge in [-0.05, 0) is 56.1 Å². The van der Waals surface area contributed by atoms with Crippen molar-refractivity contribution < 1.29 is 14.3 Å². The first-order chi connectivity index (χ1) is 15.0. The van der Waals surface area contributed by atoms with Gasteiger partial charge in [-0.15, -0.1) is 0 Å². The summed E-state index contributed by atoms with van der Waals surface area (Å²) in [6.45, 7) is 2.06. The first kappa shape index (κ1) is 20.4. The van der Waals surface area contributed by atoms with E-state index >= 15 is 0 Å². The average Bonchev–Trinajstić information content (AvgIpc) is 3.43. The number of carbonyl (C=O) groups is 2. The molecule has 31 heavy (non-hydrogen) atoms. The molecule has 2 aromatic carbocycles. The van der Waals surface area contributed by atoms with E-state index < -0.39 is 5.41 Å². The minimum atomic E-state index is -0.444. The fourth-order valence-electron chi connectivity index (χ4n) is 4.60. The van der Waals surface area contributed by atoms with Gasteiger partial charge in [-0.3, -0.25) is 4.79 Å². The highest BCUT2D eigenvalue weighted by atomic mass is 79.9. The number of ether oxygens (including phenoxy) is 1. The molecule has 2 fully saturated rings. The van der Waals surface area contributed by atoms with Crippen LogP contribution in [0.4, 0.5) is 0 Å². The van der Waals surface area contributed by atoms with Gasteiger partial charge >= 0.3 is 5.97 Å². The summed E-state index contributed by atoms with van der Waals surface area (Å²) in [6.07, 6.45) is 2.81. The van der Waals surface area contributed by atoms with Crippen molar-refractivity contribution >= 4 is 38.7 Å². The van der Waals surface area contributed by atoms with Crippen molar-refractivity contribution in [2.24, 2.45) is 11.3 Å². The smallest absolute Gasteiger partial charge is 0.337 e. The summed E-state index contributed by atoms with van der Waals surface area (Å²) in [5, 5.41) is 3.41. The molecule has 1 saturated carbocycles. The van der Waals surface area contributed by atoms with E-state index in [-0.39, 0.29) is 11.9 Å². The van der Waals surface area contributed by atoms with Crippen LogP contribution in [0.15, 0.2) is 46.9 Å². The highest BCUT2D eigenvalue weighted by Crippen LogP contribution is 2.42. The Morgan fingerprint density at radius 3 is 2.65 bits per heavy atom. The van der Waals surface area contributed by atoms with Crippen LogP contribution in [0.3, 0.4) is 0 Å². The van der Waals surface area contributed by atoms with Gasteiger partial charge in [0.2, 0.25) is 0 Å². The summed E-state index contributed by atoms with van der Waals surface area (Å²) in [7, 11) is 1.38. The molecule has 1 aromatic heterocycles. The van der Waals surface area contributed by atoms with Crippen LogP contribution in [0.1, 0.15) is 29.6 Å². The van der Waals surface area contributed by atoms with E-state index in [0.717, 1.165) is 52.7 Å². The van der Waals surface area contributed by atoms with Crippen LogP contribution in [0.5, 0.6) is 0 Å². The van der Waals surface area contributed by atoms with Crippen molar-refractivity contribution in [3.8, 4) is 11.4 Å². The van der Waals surface area contributed by atoms with Gasteiger partial charge in [0.1, 0.15) is 11.6 Å². The van der Waals surface area contributed by atoms with Crippen molar-refractivity contribution in [2.45, 2.75) is 25.8 Å². The Labute approximate surface area is 189 Å². The fourth-order valence-corrected chi connectivity index (χ4v) is 4.86. The van der Waals surface area contributed by atoms with E-state index in [1.54, 1.807) is 6.07 Å². The van der Waals surface area contributed by atoms with Crippen LogP contribution < -0.4 is 5.32 Å². The molecular weight excluding hydrogens is 458 g/mol. The van der Waals surface area contributed by atoms with Crippen molar-refractivity contribution in [3.05, 3.63) is 52.5 Å². The van der Waals surface area contributed by atoms with E-state index in [1.165, 1.54) is 7.11 Å².